The molecule has 3 aromatic rings. The Morgan fingerprint density at radius 1 is 0.758 bits per heavy atom. The molecule has 0 radical (unpaired) electrons. The summed E-state index contributed by atoms with van der Waals surface area (Å²) >= 11 is 0. The normalized spacial score (nSPS) is 11.3. The highest BCUT2D eigenvalue weighted by molar-refractivity contribution is 6.01. The van der Waals surface area contributed by atoms with Crippen LogP contribution in [-0.2, 0) is 12.8 Å². The first kappa shape index (κ1) is 21.3. The predicted molar refractivity (Wildman–Crippen MR) is 137 cm³/mol. The van der Waals surface area contributed by atoms with E-state index >= 15 is 0 Å². The van der Waals surface area contributed by atoms with Crippen LogP contribution in [0.3, 0.4) is 0 Å². The second kappa shape index (κ2) is 9.95. The van der Waals surface area contributed by atoms with E-state index in [9.17, 15) is 0 Å². The van der Waals surface area contributed by atoms with Crippen molar-refractivity contribution in [3.8, 4) is 28.2 Å². The van der Waals surface area contributed by atoms with E-state index in [1.165, 1.54) is 51.4 Å². The zero-order valence-corrected chi connectivity index (χ0v) is 19.2. The van der Waals surface area contributed by atoms with Crippen molar-refractivity contribution >= 4 is 10.8 Å². The van der Waals surface area contributed by atoms with E-state index in [0.717, 1.165) is 37.4 Å². The zero-order valence-electron chi connectivity index (χ0n) is 19.2. The molecule has 2 heteroatoms. The molecule has 0 saturated carbocycles. The molecule has 2 nitrogen and oxygen atoms in total. The van der Waals surface area contributed by atoms with Crippen molar-refractivity contribution < 1.29 is 9.15 Å². The van der Waals surface area contributed by atoms with Crippen molar-refractivity contribution in [1.29, 1.82) is 0 Å². The van der Waals surface area contributed by atoms with Gasteiger partial charge in [-0.25, -0.2) is 0 Å². The first-order chi connectivity index (χ1) is 16.3. The summed E-state index contributed by atoms with van der Waals surface area (Å²) < 4.78 is 11.6. The summed E-state index contributed by atoms with van der Waals surface area (Å²) in [6.07, 6.45) is 7.36. The third-order valence-electron chi connectivity index (χ3n) is 6.39. The number of unbranched alkanes of at least 4 members (excludes halogenated alkanes) is 2. The quantitative estimate of drug-likeness (QED) is 0.217. The van der Waals surface area contributed by atoms with Gasteiger partial charge in [0, 0.05) is 5.56 Å². The minimum absolute atomic E-state index is 0.796. The Labute approximate surface area is 196 Å². The molecule has 0 bridgehead atoms. The fraction of sp³-hybridized carbons (Fsp3) is 0.226. The number of aryl methyl sites for hydroxylation is 2. The van der Waals surface area contributed by atoms with Crippen LogP contribution >= 0.6 is 0 Å². The first-order valence-electron chi connectivity index (χ1n) is 12.0. The zero-order chi connectivity index (χ0) is 22.5. The Morgan fingerprint density at radius 2 is 1.52 bits per heavy atom. The molecule has 0 unspecified atom stereocenters. The average Bonchev–Trinajstić information content (AvgIpc) is 3.25. The molecule has 0 amide bonds. The van der Waals surface area contributed by atoms with Gasteiger partial charge in [-0.05, 0) is 76.6 Å². The Kier molecular flexibility index (Phi) is 6.44. The standard InChI is InChI=1S/C31H30O2/c1-2-3-6-20-32-28-17-15-25(16-18-28)24-12-9-23(10-13-24)11-14-26-19-21-33-30-22-27-7-4-5-8-29(27)31(26)30/h4-5,7-10,12-13,15-19,21-22H,2-3,6,11,14,20H2,1H3. The molecule has 0 fully saturated rings. The lowest BCUT2D eigenvalue weighted by molar-refractivity contribution is 0.306. The van der Waals surface area contributed by atoms with E-state index in [2.05, 4.69) is 91.9 Å². The molecular formula is C31H30O2. The molecule has 1 aliphatic carbocycles. The molecule has 1 aliphatic heterocycles. The molecule has 1 heterocycles. The molecule has 5 rings (SSSR count). The van der Waals surface area contributed by atoms with Gasteiger partial charge in [0.15, 0.2) is 0 Å². The molecule has 0 spiro atoms. The van der Waals surface area contributed by atoms with Crippen LogP contribution < -0.4 is 4.74 Å². The lowest BCUT2D eigenvalue weighted by Crippen LogP contribution is -1.96. The van der Waals surface area contributed by atoms with Gasteiger partial charge >= 0.3 is 0 Å². The maximum Gasteiger partial charge on any atom is 0.135 e. The second-order valence-electron chi connectivity index (χ2n) is 8.69. The van der Waals surface area contributed by atoms with E-state index in [-0.39, 0.29) is 0 Å². The summed E-state index contributed by atoms with van der Waals surface area (Å²) in [6.45, 7) is 3.01. The second-order valence-corrected chi connectivity index (χ2v) is 8.69. The Hall–Kier alpha value is -3.52. The van der Waals surface area contributed by atoms with Crippen molar-refractivity contribution in [3.63, 3.8) is 0 Å². The summed E-state index contributed by atoms with van der Waals surface area (Å²) in [7, 11) is 0. The number of hydrogen-bond donors (Lipinski definition) is 0. The van der Waals surface area contributed by atoms with Gasteiger partial charge < -0.3 is 9.15 Å². The molecule has 33 heavy (non-hydrogen) atoms. The van der Waals surface area contributed by atoms with E-state index < -0.39 is 0 Å². The summed E-state index contributed by atoms with van der Waals surface area (Å²) in [4.78, 5) is 0. The highest BCUT2D eigenvalue weighted by atomic mass is 16.5. The van der Waals surface area contributed by atoms with Crippen LogP contribution in [0.25, 0.3) is 33.2 Å². The monoisotopic (exact) mass is 434 g/mol. The summed E-state index contributed by atoms with van der Waals surface area (Å²) in [6, 6.07) is 30.2. The molecule has 0 aromatic heterocycles. The number of ether oxygens (including phenoxy) is 1. The van der Waals surface area contributed by atoms with Crippen LogP contribution in [-0.4, -0.2) is 6.61 Å². The minimum atomic E-state index is 0.796. The Bertz CT molecular complexity index is 1280. The maximum atomic E-state index is 5.84. The lowest BCUT2D eigenvalue weighted by Gasteiger charge is -2.10. The maximum absolute atomic E-state index is 5.84. The van der Waals surface area contributed by atoms with Crippen molar-refractivity contribution in [2.24, 2.45) is 0 Å². The van der Waals surface area contributed by atoms with Gasteiger partial charge in [0.25, 0.3) is 0 Å². The van der Waals surface area contributed by atoms with Gasteiger partial charge in [-0.2, -0.15) is 0 Å². The molecule has 0 atom stereocenters. The Balaban J connectivity index is 1.25. The number of fused-ring (bicyclic) bond motifs is 3. The van der Waals surface area contributed by atoms with Crippen LogP contribution in [0, 0.1) is 0 Å². The predicted octanol–water partition coefficient (Wildman–Crippen LogP) is 8.56. The minimum Gasteiger partial charge on any atom is -0.494 e. The van der Waals surface area contributed by atoms with Gasteiger partial charge in [0.2, 0.25) is 0 Å². The van der Waals surface area contributed by atoms with Crippen LogP contribution in [0.4, 0.5) is 0 Å². The van der Waals surface area contributed by atoms with Crippen LogP contribution in [0.1, 0.15) is 37.3 Å². The average molecular weight is 435 g/mol. The molecule has 2 aliphatic rings. The van der Waals surface area contributed by atoms with E-state index in [1.54, 1.807) is 0 Å². The Morgan fingerprint density at radius 3 is 2.30 bits per heavy atom. The van der Waals surface area contributed by atoms with Crippen molar-refractivity contribution in [2.45, 2.75) is 39.0 Å². The smallest absolute Gasteiger partial charge is 0.135 e. The molecular weight excluding hydrogens is 404 g/mol. The topological polar surface area (TPSA) is 22.4 Å². The number of rotatable bonds is 9. The van der Waals surface area contributed by atoms with Crippen molar-refractivity contribution in [3.05, 3.63) is 102 Å². The largest absolute Gasteiger partial charge is 0.494 e. The SMILES string of the molecule is CCCCCOc1ccc(-c2ccc(CCc3ccoc4cc5ccccc5c3-4)cc2)cc1. The summed E-state index contributed by atoms with van der Waals surface area (Å²) in [5.41, 5.74) is 6.40. The summed E-state index contributed by atoms with van der Waals surface area (Å²) in [5.74, 6) is 1.93. The third-order valence-corrected chi connectivity index (χ3v) is 6.39. The van der Waals surface area contributed by atoms with E-state index in [1.807, 2.05) is 6.26 Å². The fourth-order valence-electron chi connectivity index (χ4n) is 4.53. The lowest BCUT2D eigenvalue weighted by atomic mass is 9.97. The molecule has 0 saturated heterocycles. The number of benzene rings is 3. The van der Waals surface area contributed by atoms with E-state index in [4.69, 9.17) is 9.15 Å². The van der Waals surface area contributed by atoms with Crippen LogP contribution in [0.15, 0.2) is 95.6 Å². The number of hydrogen-bond acceptors (Lipinski definition) is 2. The van der Waals surface area contributed by atoms with E-state index in [0.29, 0.717) is 0 Å². The summed E-state index contributed by atoms with van der Waals surface area (Å²) in [5, 5.41) is 2.52. The van der Waals surface area contributed by atoms with Gasteiger partial charge in [0.1, 0.15) is 11.5 Å². The molecule has 166 valence electrons. The van der Waals surface area contributed by atoms with Gasteiger partial charge in [-0.1, -0.05) is 80.4 Å². The van der Waals surface area contributed by atoms with Crippen molar-refractivity contribution in [2.75, 3.05) is 6.61 Å². The fourth-order valence-corrected chi connectivity index (χ4v) is 4.53. The highest BCUT2D eigenvalue weighted by Crippen LogP contribution is 2.37. The van der Waals surface area contributed by atoms with Crippen LogP contribution in [0.2, 0.25) is 0 Å². The molecule has 3 aromatic carbocycles. The van der Waals surface area contributed by atoms with Gasteiger partial charge in [0.05, 0.1) is 12.9 Å². The third kappa shape index (κ3) is 4.80. The van der Waals surface area contributed by atoms with Crippen molar-refractivity contribution in [1.82, 2.24) is 0 Å². The highest BCUT2D eigenvalue weighted by Gasteiger charge is 2.15. The van der Waals surface area contributed by atoms with Gasteiger partial charge in [-0.3, -0.25) is 0 Å². The molecule has 0 N–H and O–H groups in total. The van der Waals surface area contributed by atoms with Crippen LogP contribution in [0.5, 0.6) is 5.75 Å². The first-order valence-corrected chi connectivity index (χ1v) is 12.0. The van der Waals surface area contributed by atoms with Gasteiger partial charge in [-0.15, -0.1) is 0 Å².